The highest BCUT2D eigenvalue weighted by Crippen LogP contribution is 2.26. The number of nitrogen functional groups attached to an aromatic ring is 1. The standard InChI is InChI=1S/C14H17BrN2O3S/c1-9(6-12-4-3-5-20-12)17-21(18,19)14-8-11(15)7-13(16)10(14)2/h3-5,7-9,17H,6,16H2,1-2H3. The van der Waals surface area contributed by atoms with Crippen LogP contribution in [-0.4, -0.2) is 14.5 Å². The summed E-state index contributed by atoms with van der Waals surface area (Å²) < 4.78 is 33.5. The van der Waals surface area contributed by atoms with Gasteiger partial charge in [0.05, 0.1) is 11.2 Å². The van der Waals surface area contributed by atoms with E-state index in [1.54, 1.807) is 38.3 Å². The van der Waals surface area contributed by atoms with Crippen molar-refractivity contribution in [2.45, 2.75) is 31.2 Å². The maximum atomic E-state index is 12.5. The number of benzene rings is 1. The number of nitrogens with two attached hydrogens (primary N) is 1. The van der Waals surface area contributed by atoms with Crippen LogP contribution in [0.4, 0.5) is 5.69 Å². The Balaban J connectivity index is 2.22. The normalized spacial score (nSPS) is 13.3. The molecule has 2 aromatic rings. The van der Waals surface area contributed by atoms with Crippen molar-refractivity contribution in [2.75, 3.05) is 5.73 Å². The molecule has 1 aromatic heterocycles. The summed E-state index contributed by atoms with van der Waals surface area (Å²) in [6.07, 6.45) is 2.05. The van der Waals surface area contributed by atoms with Gasteiger partial charge in [0.15, 0.2) is 0 Å². The van der Waals surface area contributed by atoms with Crippen molar-refractivity contribution >= 4 is 31.6 Å². The first-order valence-corrected chi connectivity index (χ1v) is 8.67. The van der Waals surface area contributed by atoms with Gasteiger partial charge in [0.1, 0.15) is 5.76 Å². The first-order valence-electron chi connectivity index (χ1n) is 6.40. The van der Waals surface area contributed by atoms with Gasteiger partial charge < -0.3 is 10.2 Å². The third-order valence-electron chi connectivity index (χ3n) is 3.10. The number of sulfonamides is 1. The summed E-state index contributed by atoms with van der Waals surface area (Å²) in [5.74, 6) is 0.732. The molecule has 21 heavy (non-hydrogen) atoms. The van der Waals surface area contributed by atoms with Crippen LogP contribution in [0.5, 0.6) is 0 Å². The minimum atomic E-state index is -3.64. The summed E-state index contributed by atoms with van der Waals surface area (Å²) in [5.41, 5.74) is 6.79. The summed E-state index contributed by atoms with van der Waals surface area (Å²) >= 11 is 3.27. The van der Waals surface area contributed by atoms with Crippen LogP contribution in [0.3, 0.4) is 0 Å². The number of hydrogen-bond acceptors (Lipinski definition) is 4. The molecule has 1 unspecified atom stereocenters. The molecule has 0 saturated heterocycles. The smallest absolute Gasteiger partial charge is 0.241 e. The molecule has 0 bridgehead atoms. The number of furan rings is 1. The SMILES string of the molecule is Cc1c(N)cc(Br)cc1S(=O)(=O)NC(C)Cc1ccco1. The van der Waals surface area contributed by atoms with E-state index in [0.717, 1.165) is 5.76 Å². The Morgan fingerprint density at radius 1 is 1.43 bits per heavy atom. The predicted octanol–water partition coefficient (Wildman–Crippen LogP) is 2.84. The molecule has 114 valence electrons. The van der Waals surface area contributed by atoms with Crippen LogP contribution >= 0.6 is 15.9 Å². The van der Waals surface area contributed by atoms with Crippen molar-refractivity contribution in [1.29, 1.82) is 0 Å². The van der Waals surface area contributed by atoms with E-state index in [-0.39, 0.29) is 10.9 Å². The zero-order chi connectivity index (χ0) is 15.6. The van der Waals surface area contributed by atoms with Crippen LogP contribution in [0, 0.1) is 6.92 Å². The zero-order valence-corrected chi connectivity index (χ0v) is 14.2. The average molecular weight is 373 g/mol. The molecule has 1 atom stereocenters. The van der Waals surface area contributed by atoms with Gasteiger partial charge in [-0.25, -0.2) is 13.1 Å². The van der Waals surface area contributed by atoms with E-state index in [9.17, 15) is 8.42 Å². The topological polar surface area (TPSA) is 85.3 Å². The van der Waals surface area contributed by atoms with Crippen LogP contribution in [-0.2, 0) is 16.4 Å². The minimum Gasteiger partial charge on any atom is -0.469 e. The van der Waals surface area contributed by atoms with Crippen LogP contribution < -0.4 is 10.5 Å². The molecule has 0 aliphatic carbocycles. The van der Waals surface area contributed by atoms with Crippen LogP contribution in [0.2, 0.25) is 0 Å². The lowest BCUT2D eigenvalue weighted by Gasteiger charge is -2.15. The van der Waals surface area contributed by atoms with Crippen molar-refractivity contribution < 1.29 is 12.8 Å². The molecule has 1 heterocycles. The summed E-state index contributed by atoms with van der Waals surface area (Å²) in [5, 5.41) is 0. The van der Waals surface area contributed by atoms with Gasteiger partial charge in [-0.15, -0.1) is 0 Å². The van der Waals surface area contributed by atoms with Crippen LogP contribution in [0.1, 0.15) is 18.2 Å². The van der Waals surface area contributed by atoms with Gasteiger partial charge in [-0.1, -0.05) is 15.9 Å². The molecule has 0 aliphatic heterocycles. The largest absolute Gasteiger partial charge is 0.469 e. The van der Waals surface area contributed by atoms with Gasteiger partial charge in [0, 0.05) is 22.6 Å². The minimum absolute atomic E-state index is 0.181. The molecular weight excluding hydrogens is 356 g/mol. The number of hydrogen-bond donors (Lipinski definition) is 2. The fourth-order valence-electron chi connectivity index (χ4n) is 2.05. The van der Waals surface area contributed by atoms with Crippen molar-refractivity contribution in [3.05, 3.63) is 46.3 Å². The Labute approximate surface area is 132 Å². The number of anilines is 1. The number of rotatable bonds is 5. The molecular formula is C14H17BrN2O3S. The van der Waals surface area contributed by atoms with E-state index in [1.165, 1.54) is 0 Å². The van der Waals surface area contributed by atoms with Gasteiger partial charge in [0.25, 0.3) is 0 Å². The molecule has 5 nitrogen and oxygen atoms in total. The third-order valence-corrected chi connectivity index (χ3v) is 5.27. The molecule has 0 saturated carbocycles. The van der Waals surface area contributed by atoms with Crippen molar-refractivity contribution in [3.8, 4) is 0 Å². The first-order chi connectivity index (χ1) is 9.79. The highest BCUT2D eigenvalue weighted by molar-refractivity contribution is 9.10. The van der Waals surface area contributed by atoms with E-state index in [2.05, 4.69) is 20.7 Å². The average Bonchev–Trinajstić information content (AvgIpc) is 2.85. The lowest BCUT2D eigenvalue weighted by molar-refractivity contribution is 0.479. The van der Waals surface area contributed by atoms with Gasteiger partial charge in [-0.05, 0) is 43.7 Å². The molecule has 2 rings (SSSR count). The van der Waals surface area contributed by atoms with E-state index in [1.807, 2.05) is 6.07 Å². The summed E-state index contributed by atoms with van der Waals surface area (Å²) in [6, 6.07) is 6.53. The zero-order valence-electron chi connectivity index (χ0n) is 11.8. The fourth-order valence-corrected chi connectivity index (χ4v) is 4.22. The highest BCUT2D eigenvalue weighted by Gasteiger charge is 2.21. The van der Waals surface area contributed by atoms with E-state index < -0.39 is 10.0 Å². The molecule has 0 aliphatic rings. The van der Waals surface area contributed by atoms with Gasteiger partial charge in [0.2, 0.25) is 10.0 Å². The Morgan fingerprint density at radius 2 is 2.14 bits per heavy atom. The third kappa shape index (κ3) is 3.87. The van der Waals surface area contributed by atoms with Gasteiger partial charge >= 0.3 is 0 Å². The van der Waals surface area contributed by atoms with Gasteiger partial charge in [-0.2, -0.15) is 0 Å². The maximum Gasteiger partial charge on any atom is 0.241 e. The monoisotopic (exact) mass is 372 g/mol. The maximum absolute atomic E-state index is 12.5. The quantitative estimate of drug-likeness (QED) is 0.790. The van der Waals surface area contributed by atoms with Gasteiger partial charge in [-0.3, -0.25) is 0 Å². The number of nitrogens with one attached hydrogen (secondary N) is 1. The summed E-state index contributed by atoms with van der Waals surface area (Å²) in [4.78, 5) is 0.181. The molecule has 0 fully saturated rings. The van der Waals surface area contributed by atoms with E-state index >= 15 is 0 Å². The number of halogens is 1. The fraction of sp³-hybridized carbons (Fsp3) is 0.286. The summed E-state index contributed by atoms with van der Waals surface area (Å²) in [7, 11) is -3.64. The molecule has 7 heteroatoms. The first kappa shape index (κ1) is 16.1. The Kier molecular flexibility index (Phi) is 4.75. The Morgan fingerprint density at radius 3 is 2.76 bits per heavy atom. The second-order valence-electron chi connectivity index (χ2n) is 4.92. The van der Waals surface area contributed by atoms with Crippen LogP contribution in [0.25, 0.3) is 0 Å². The molecule has 1 aromatic carbocycles. The van der Waals surface area contributed by atoms with Crippen LogP contribution in [0.15, 0.2) is 44.3 Å². The predicted molar refractivity (Wildman–Crippen MR) is 85.5 cm³/mol. The molecule has 0 spiro atoms. The second-order valence-corrected chi connectivity index (χ2v) is 7.52. The lowest BCUT2D eigenvalue weighted by Crippen LogP contribution is -2.34. The van der Waals surface area contributed by atoms with E-state index in [4.69, 9.17) is 10.2 Å². The van der Waals surface area contributed by atoms with Crippen molar-refractivity contribution in [3.63, 3.8) is 0 Å². The molecule has 3 N–H and O–H groups in total. The Bertz CT molecular complexity index is 727. The lowest BCUT2D eigenvalue weighted by atomic mass is 10.2. The second kappa shape index (κ2) is 6.21. The Hall–Kier alpha value is -1.31. The van der Waals surface area contributed by atoms with Crippen molar-refractivity contribution in [1.82, 2.24) is 4.72 Å². The molecule has 0 amide bonds. The van der Waals surface area contributed by atoms with Crippen molar-refractivity contribution in [2.24, 2.45) is 0 Å². The highest BCUT2D eigenvalue weighted by atomic mass is 79.9. The summed E-state index contributed by atoms with van der Waals surface area (Å²) in [6.45, 7) is 3.48. The molecule has 0 radical (unpaired) electrons. The van der Waals surface area contributed by atoms with E-state index in [0.29, 0.717) is 22.1 Å².